The molecule has 2 aliphatic rings. The van der Waals surface area contributed by atoms with Crippen molar-refractivity contribution in [1.82, 2.24) is 20.1 Å². The Morgan fingerprint density at radius 1 is 1.19 bits per heavy atom. The normalized spacial score (nSPS) is 20.0. The van der Waals surface area contributed by atoms with E-state index in [2.05, 4.69) is 20.5 Å². The van der Waals surface area contributed by atoms with Gasteiger partial charge in [0.15, 0.2) is 0 Å². The number of nitrogens with zero attached hydrogens (tertiary/aromatic N) is 3. The molecule has 4 rings (SSSR count). The van der Waals surface area contributed by atoms with Gasteiger partial charge < -0.3 is 10.6 Å². The Morgan fingerprint density at radius 2 is 1.88 bits per heavy atom. The zero-order valence-corrected chi connectivity index (χ0v) is 19.0. The van der Waals surface area contributed by atoms with Gasteiger partial charge in [-0.1, -0.05) is 43.0 Å². The number of rotatable bonds is 6. The first-order valence-electron chi connectivity index (χ1n) is 11.4. The molecule has 9 heteroatoms. The van der Waals surface area contributed by atoms with Gasteiger partial charge in [-0.25, -0.2) is 5.10 Å². The van der Waals surface area contributed by atoms with Gasteiger partial charge in [0, 0.05) is 18.1 Å². The smallest absolute Gasteiger partial charge is 0.239 e. The highest BCUT2D eigenvalue weighted by molar-refractivity contribution is 6.30. The highest BCUT2D eigenvalue weighted by Crippen LogP contribution is 2.46. The SMILES string of the molecule is NC(Cc1ccc(Cl)cc1)C(=O)N1CCC(C(=O)Nc2ncn[nH]2)(C2CCCCC2)CC1. The maximum atomic E-state index is 13.4. The fourth-order valence-electron chi connectivity index (χ4n) is 5.30. The van der Waals surface area contributed by atoms with Gasteiger partial charge >= 0.3 is 0 Å². The van der Waals surface area contributed by atoms with Crippen LogP contribution in [-0.4, -0.2) is 51.0 Å². The summed E-state index contributed by atoms with van der Waals surface area (Å²) in [4.78, 5) is 32.3. The number of aromatic amines is 1. The molecular formula is C23H31ClN6O2. The molecule has 1 aliphatic carbocycles. The van der Waals surface area contributed by atoms with E-state index in [-0.39, 0.29) is 11.8 Å². The van der Waals surface area contributed by atoms with Crippen LogP contribution < -0.4 is 11.1 Å². The van der Waals surface area contributed by atoms with E-state index in [4.69, 9.17) is 17.3 Å². The number of anilines is 1. The molecule has 1 unspecified atom stereocenters. The highest BCUT2D eigenvalue weighted by Gasteiger charge is 2.48. The van der Waals surface area contributed by atoms with E-state index in [0.717, 1.165) is 31.2 Å². The molecule has 1 atom stereocenters. The molecule has 0 bridgehead atoms. The van der Waals surface area contributed by atoms with Gasteiger partial charge in [0.1, 0.15) is 6.33 Å². The number of H-pyrrole nitrogens is 1. The molecular weight excluding hydrogens is 428 g/mol. The van der Waals surface area contributed by atoms with Crippen molar-refractivity contribution in [2.24, 2.45) is 17.1 Å². The van der Waals surface area contributed by atoms with E-state index >= 15 is 0 Å². The Kier molecular flexibility index (Phi) is 7.10. The Bertz CT molecular complexity index is 903. The second-order valence-electron chi connectivity index (χ2n) is 9.04. The van der Waals surface area contributed by atoms with Crippen molar-refractivity contribution < 1.29 is 9.59 Å². The van der Waals surface area contributed by atoms with Crippen molar-refractivity contribution >= 4 is 29.4 Å². The van der Waals surface area contributed by atoms with Gasteiger partial charge in [0.05, 0.1) is 11.5 Å². The summed E-state index contributed by atoms with van der Waals surface area (Å²) in [6, 6.07) is 6.80. The average Bonchev–Trinajstić information content (AvgIpc) is 3.33. The molecule has 2 amide bonds. The Hall–Kier alpha value is -2.45. The zero-order chi connectivity index (χ0) is 22.6. The van der Waals surface area contributed by atoms with Gasteiger partial charge in [-0.3, -0.25) is 14.9 Å². The molecule has 32 heavy (non-hydrogen) atoms. The quantitative estimate of drug-likeness (QED) is 0.614. The second-order valence-corrected chi connectivity index (χ2v) is 9.48. The molecule has 2 fully saturated rings. The van der Waals surface area contributed by atoms with E-state index in [1.807, 2.05) is 17.0 Å². The molecule has 0 radical (unpaired) electrons. The Morgan fingerprint density at radius 3 is 2.50 bits per heavy atom. The number of halogens is 1. The van der Waals surface area contributed by atoms with Crippen molar-refractivity contribution in [3.8, 4) is 0 Å². The number of benzene rings is 1. The summed E-state index contributed by atoms with van der Waals surface area (Å²) >= 11 is 5.94. The summed E-state index contributed by atoms with van der Waals surface area (Å²) in [5, 5.41) is 10.1. The van der Waals surface area contributed by atoms with E-state index < -0.39 is 11.5 Å². The third-order valence-electron chi connectivity index (χ3n) is 7.14. The lowest BCUT2D eigenvalue weighted by Crippen LogP contribution is -2.55. The molecule has 4 N–H and O–H groups in total. The van der Waals surface area contributed by atoms with Crippen LogP contribution in [0, 0.1) is 11.3 Å². The largest absolute Gasteiger partial charge is 0.341 e. The molecule has 1 aromatic carbocycles. The van der Waals surface area contributed by atoms with Gasteiger partial charge in [0.2, 0.25) is 17.8 Å². The van der Waals surface area contributed by atoms with Crippen LogP contribution in [0.1, 0.15) is 50.5 Å². The maximum Gasteiger partial charge on any atom is 0.239 e. The van der Waals surface area contributed by atoms with Crippen molar-refractivity contribution in [2.75, 3.05) is 18.4 Å². The number of amides is 2. The van der Waals surface area contributed by atoms with E-state index in [1.54, 1.807) is 12.1 Å². The van der Waals surface area contributed by atoms with Crippen LogP contribution in [0.25, 0.3) is 0 Å². The maximum absolute atomic E-state index is 13.4. The number of carbonyl (C=O) groups excluding carboxylic acids is 2. The standard InChI is InChI=1S/C23H31ClN6O2/c24-18-8-6-16(7-9-18)14-19(25)20(31)30-12-10-23(11-13-30,17-4-2-1-3-5-17)21(32)28-22-26-15-27-29-22/h6-9,15,17,19H,1-5,10-14,25H2,(H2,26,27,28,29,32). The second kappa shape index (κ2) is 10.0. The van der Waals surface area contributed by atoms with Gasteiger partial charge in [-0.2, -0.15) is 10.1 Å². The molecule has 1 aromatic heterocycles. The van der Waals surface area contributed by atoms with Crippen LogP contribution in [0.2, 0.25) is 5.02 Å². The van der Waals surface area contributed by atoms with Gasteiger partial charge in [-0.15, -0.1) is 0 Å². The molecule has 2 heterocycles. The predicted molar refractivity (Wildman–Crippen MR) is 123 cm³/mol. The van der Waals surface area contributed by atoms with E-state index in [9.17, 15) is 9.59 Å². The van der Waals surface area contributed by atoms with Crippen molar-refractivity contribution in [3.05, 3.63) is 41.2 Å². The fraction of sp³-hybridized carbons (Fsp3) is 0.565. The van der Waals surface area contributed by atoms with Crippen LogP contribution >= 0.6 is 11.6 Å². The van der Waals surface area contributed by atoms with Crippen molar-refractivity contribution in [2.45, 2.75) is 57.4 Å². The summed E-state index contributed by atoms with van der Waals surface area (Å²) in [5.41, 5.74) is 6.74. The molecule has 1 saturated carbocycles. The van der Waals surface area contributed by atoms with Gasteiger partial charge in [-0.05, 0) is 55.7 Å². The summed E-state index contributed by atoms with van der Waals surface area (Å²) in [6.07, 6.45) is 8.74. The number of nitrogens with two attached hydrogens (primary N) is 1. The number of likely N-dealkylation sites (tertiary alicyclic amines) is 1. The number of hydrogen-bond donors (Lipinski definition) is 3. The third-order valence-corrected chi connectivity index (χ3v) is 7.39. The first kappa shape index (κ1) is 22.7. The lowest BCUT2D eigenvalue weighted by molar-refractivity contribution is -0.142. The first-order valence-corrected chi connectivity index (χ1v) is 11.8. The minimum atomic E-state index is -0.610. The topological polar surface area (TPSA) is 117 Å². The molecule has 1 aliphatic heterocycles. The number of nitrogens with one attached hydrogen (secondary N) is 2. The summed E-state index contributed by atoms with van der Waals surface area (Å²) in [7, 11) is 0. The monoisotopic (exact) mass is 458 g/mol. The first-order chi connectivity index (χ1) is 15.5. The minimum Gasteiger partial charge on any atom is -0.341 e. The number of carbonyl (C=O) groups is 2. The average molecular weight is 459 g/mol. The van der Waals surface area contributed by atoms with Crippen LogP contribution in [0.15, 0.2) is 30.6 Å². The highest BCUT2D eigenvalue weighted by atomic mass is 35.5. The van der Waals surface area contributed by atoms with Crippen LogP contribution in [-0.2, 0) is 16.0 Å². The van der Waals surface area contributed by atoms with E-state index in [0.29, 0.717) is 49.2 Å². The lowest BCUT2D eigenvalue weighted by Gasteiger charge is -2.46. The third kappa shape index (κ3) is 4.96. The summed E-state index contributed by atoms with van der Waals surface area (Å²) in [5.74, 6) is 0.611. The molecule has 8 nitrogen and oxygen atoms in total. The van der Waals surface area contributed by atoms with Crippen molar-refractivity contribution in [1.29, 1.82) is 0 Å². The van der Waals surface area contributed by atoms with Gasteiger partial charge in [0.25, 0.3) is 0 Å². The number of piperidine rings is 1. The molecule has 1 saturated heterocycles. The summed E-state index contributed by atoms with van der Waals surface area (Å²) < 4.78 is 0. The molecule has 2 aromatic rings. The fourth-order valence-corrected chi connectivity index (χ4v) is 5.42. The number of hydrogen-bond acceptors (Lipinski definition) is 5. The van der Waals surface area contributed by atoms with Crippen LogP contribution in [0.4, 0.5) is 5.95 Å². The summed E-state index contributed by atoms with van der Waals surface area (Å²) in [6.45, 7) is 1.07. The molecule has 172 valence electrons. The zero-order valence-electron chi connectivity index (χ0n) is 18.2. The van der Waals surface area contributed by atoms with Crippen LogP contribution in [0.3, 0.4) is 0 Å². The van der Waals surface area contributed by atoms with E-state index in [1.165, 1.54) is 12.7 Å². The minimum absolute atomic E-state index is 0.0151. The Balaban J connectivity index is 1.42. The molecule has 0 spiro atoms. The van der Waals surface area contributed by atoms with Crippen molar-refractivity contribution in [3.63, 3.8) is 0 Å². The Labute approximate surface area is 193 Å². The number of aromatic nitrogens is 3. The predicted octanol–water partition coefficient (Wildman–Crippen LogP) is 3.16. The lowest BCUT2D eigenvalue weighted by atomic mass is 9.63. The van der Waals surface area contributed by atoms with Crippen LogP contribution in [0.5, 0.6) is 0 Å².